The number of halogens is 1. The fourth-order valence-electron chi connectivity index (χ4n) is 3.30. The Kier molecular flexibility index (Phi) is 5.53. The molecule has 1 aromatic heterocycles. The number of anilines is 1. The minimum atomic E-state index is -0.0198. The third-order valence-corrected chi connectivity index (χ3v) is 5.01. The van der Waals surface area contributed by atoms with E-state index < -0.39 is 0 Å². The number of benzene rings is 1. The fraction of sp³-hybridized carbons (Fsp3) is 0.444. The third-order valence-electron chi connectivity index (χ3n) is 4.66. The molecule has 1 saturated carbocycles. The molecule has 1 aromatic carbocycles. The molecule has 0 radical (unpaired) electrons. The Morgan fingerprint density at radius 3 is 2.88 bits per heavy atom. The molecule has 0 aliphatic heterocycles. The topological polar surface area (TPSA) is 63.5 Å². The predicted octanol–water partition coefficient (Wildman–Crippen LogP) is 2.91. The van der Waals surface area contributed by atoms with Crippen LogP contribution < -0.4 is 10.6 Å². The smallest absolute Gasteiger partial charge is 0.280 e. The summed E-state index contributed by atoms with van der Waals surface area (Å²) in [4.78, 5) is 12.3. The molecule has 1 amide bonds. The van der Waals surface area contributed by atoms with Crippen molar-refractivity contribution in [3.8, 4) is 0 Å². The lowest BCUT2D eigenvalue weighted by Gasteiger charge is -2.15. The summed E-state index contributed by atoms with van der Waals surface area (Å²) in [5.74, 6) is 0.777. The van der Waals surface area contributed by atoms with Gasteiger partial charge in [0.05, 0.1) is 12.2 Å². The first kappa shape index (κ1) is 17.0. The van der Waals surface area contributed by atoms with Crippen molar-refractivity contribution in [3.63, 3.8) is 0 Å². The Balaban J connectivity index is 1.55. The van der Waals surface area contributed by atoms with Crippen LogP contribution in [0, 0.1) is 0 Å². The van der Waals surface area contributed by atoms with E-state index in [1.54, 1.807) is 6.20 Å². The second-order valence-electron chi connectivity index (χ2n) is 6.40. The maximum absolute atomic E-state index is 12.3. The Morgan fingerprint density at radius 2 is 2.12 bits per heavy atom. The first-order valence-electron chi connectivity index (χ1n) is 8.56. The van der Waals surface area contributed by atoms with Gasteiger partial charge in [-0.1, -0.05) is 42.6 Å². The number of hydrogen-bond donors (Lipinski definition) is 2. The number of quaternary nitrogens is 1. The molecular formula is C18H24ClN4O+. The minimum Gasteiger partial charge on any atom is -0.332 e. The molecular weight excluding hydrogens is 324 g/mol. The number of nitrogens with two attached hydrogens (primary N) is 1. The van der Waals surface area contributed by atoms with Crippen LogP contribution in [-0.4, -0.2) is 22.2 Å². The normalized spacial score (nSPS) is 16.2. The van der Waals surface area contributed by atoms with Crippen molar-refractivity contribution in [3.05, 3.63) is 47.1 Å². The highest BCUT2D eigenvalue weighted by atomic mass is 35.5. The maximum atomic E-state index is 12.3. The van der Waals surface area contributed by atoms with Gasteiger partial charge in [-0.05, 0) is 25.8 Å². The highest BCUT2D eigenvalue weighted by Crippen LogP contribution is 2.31. The molecule has 3 rings (SSSR count). The van der Waals surface area contributed by atoms with Crippen molar-refractivity contribution in [2.24, 2.45) is 0 Å². The molecule has 0 bridgehead atoms. The molecule has 3 N–H and O–H groups in total. The molecule has 1 aliphatic rings. The van der Waals surface area contributed by atoms with Crippen molar-refractivity contribution in [2.45, 2.75) is 44.7 Å². The number of carbonyl (C=O) groups is 1. The zero-order chi connectivity index (χ0) is 16.9. The van der Waals surface area contributed by atoms with Crippen LogP contribution in [-0.2, 0) is 4.79 Å². The van der Waals surface area contributed by atoms with Crippen LogP contribution in [0.2, 0.25) is 5.02 Å². The SMILES string of the molecule is C[C@H]([NH2+]CC(=O)Nc1ccnn1C1CCCC1)c1ccccc1Cl. The van der Waals surface area contributed by atoms with Gasteiger partial charge in [-0.3, -0.25) is 4.79 Å². The average molecular weight is 348 g/mol. The van der Waals surface area contributed by atoms with Gasteiger partial charge in [-0.2, -0.15) is 5.10 Å². The van der Waals surface area contributed by atoms with E-state index in [9.17, 15) is 4.79 Å². The van der Waals surface area contributed by atoms with E-state index in [4.69, 9.17) is 11.6 Å². The quantitative estimate of drug-likeness (QED) is 0.843. The number of carbonyl (C=O) groups excluding carboxylic acids is 1. The third kappa shape index (κ3) is 3.97. The van der Waals surface area contributed by atoms with E-state index in [0.717, 1.165) is 29.2 Å². The molecule has 1 fully saturated rings. The van der Waals surface area contributed by atoms with Gasteiger partial charge >= 0.3 is 0 Å². The summed E-state index contributed by atoms with van der Waals surface area (Å²) in [5.41, 5.74) is 1.04. The van der Waals surface area contributed by atoms with Crippen LogP contribution in [0.1, 0.15) is 50.3 Å². The van der Waals surface area contributed by atoms with E-state index in [-0.39, 0.29) is 11.9 Å². The van der Waals surface area contributed by atoms with Gasteiger partial charge in [0, 0.05) is 16.7 Å². The van der Waals surface area contributed by atoms with Gasteiger partial charge in [-0.15, -0.1) is 0 Å². The summed E-state index contributed by atoms with van der Waals surface area (Å²) in [6.45, 7) is 2.40. The second kappa shape index (κ2) is 7.81. The number of rotatable bonds is 6. The summed E-state index contributed by atoms with van der Waals surface area (Å²) in [6, 6.07) is 10.2. The monoisotopic (exact) mass is 347 g/mol. The summed E-state index contributed by atoms with van der Waals surface area (Å²) in [5, 5.41) is 10.1. The van der Waals surface area contributed by atoms with E-state index in [0.29, 0.717) is 12.6 Å². The van der Waals surface area contributed by atoms with E-state index in [2.05, 4.69) is 17.3 Å². The largest absolute Gasteiger partial charge is 0.332 e. The van der Waals surface area contributed by atoms with Crippen molar-refractivity contribution < 1.29 is 10.1 Å². The zero-order valence-corrected chi connectivity index (χ0v) is 14.7. The van der Waals surface area contributed by atoms with Gasteiger partial charge in [0.2, 0.25) is 0 Å². The first-order valence-corrected chi connectivity index (χ1v) is 8.94. The number of amides is 1. The predicted molar refractivity (Wildman–Crippen MR) is 95.0 cm³/mol. The van der Waals surface area contributed by atoms with Gasteiger partial charge in [0.15, 0.2) is 6.54 Å². The Bertz CT molecular complexity index is 694. The average Bonchev–Trinajstić information content (AvgIpc) is 3.24. The molecule has 1 heterocycles. The zero-order valence-electron chi connectivity index (χ0n) is 13.9. The Hall–Kier alpha value is -1.85. The van der Waals surface area contributed by atoms with E-state index >= 15 is 0 Å². The fourth-order valence-corrected chi connectivity index (χ4v) is 3.61. The lowest BCUT2D eigenvalue weighted by atomic mass is 10.1. The molecule has 5 nitrogen and oxygen atoms in total. The molecule has 0 unspecified atom stereocenters. The van der Waals surface area contributed by atoms with Crippen LogP contribution in [0.15, 0.2) is 36.5 Å². The van der Waals surface area contributed by atoms with Crippen molar-refractivity contribution in [2.75, 3.05) is 11.9 Å². The second-order valence-corrected chi connectivity index (χ2v) is 6.80. The molecule has 128 valence electrons. The number of hydrogen-bond acceptors (Lipinski definition) is 2. The molecule has 6 heteroatoms. The van der Waals surface area contributed by atoms with Gasteiger partial charge in [0.1, 0.15) is 11.9 Å². The van der Waals surface area contributed by atoms with Crippen LogP contribution in [0.5, 0.6) is 0 Å². The number of aromatic nitrogens is 2. The molecule has 24 heavy (non-hydrogen) atoms. The highest BCUT2D eigenvalue weighted by molar-refractivity contribution is 6.31. The Labute approximate surface area is 147 Å². The van der Waals surface area contributed by atoms with Crippen LogP contribution >= 0.6 is 11.6 Å². The number of nitrogens with zero attached hydrogens (tertiary/aromatic N) is 2. The summed E-state index contributed by atoms with van der Waals surface area (Å²) in [7, 11) is 0. The minimum absolute atomic E-state index is 0.0198. The molecule has 2 aromatic rings. The lowest BCUT2D eigenvalue weighted by Crippen LogP contribution is -2.86. The van der Waals surface area contributed by atoms with Gasteiger partial charge in [0.25, 0.3) is 5.91 Å². The summed E-state index contributed by atoms with van der Waals surface area (Å²) >= 11 is 6.21. The van der Waals surface area contributed by atoms with Crippen LogP contribution in [0.25, 0.3) is 0 Å². The highest BCUT2D eigenvalue weighted by Gasteiger charge is 2.21. The van der Waals surface area contributed by atoms with Crippen LogP contribution in [0.4, 0.5) is 5.82 Å². The van der Waals surface area contributed by atoms with Crippen molar-refractivity contribution >= 4 is 23.3 Å². The van der Waals surface area contributed by atoms with Gasteiger partial charge < -0.3 is 10.6 Å². The molecule has 0 saturated heterocycles. The van der Waals surface area contributed by atoms with Gasteiger partial charge in [-0.25, -0.2) is 4.68 Å². The van der Waals surface area contributed by atoms with Crippen molar-refractivity contribution in [1.29, 1.82) is 0 Å². The molecule has 1 atom stereocenters. The molecule has 1 aliphatic carbocycles. The van der Waals surface area contributed by atoms with E-state index in [1.165, 1.54) is 12.8 Å². The van der Waals surface area contributed by atoms with E-state index in [1.807, 2.05) is 40.3 Å². The summed E-state index contributed by atoms with van der Waals surface area (Å²) in [6.07, 6.45) is 6.51. The first-order chi connectivity index (χ1) is 11.6. The maximum Gasteiger partial charge on any atom is 0.280 e. The Morgan fingerprint density at radius 1 is 1.38 bits per heavy atom. The lowest BCUT2D eigenvalue weighted by molar-refractivity contribution is -0.682. The standard InChI is InChI=1S/C18H23ClN4O/c1-13(15-8-4-5-9-16(15)19)20-12-18(24)22-17-10-11-21-23(17)14-6-2-3-7-14/h4-5,8-11,13-14,20H,2-3,6-7,12H2,1H3,(H,22,24)/p+1/t13-/m0/s1. The van der Waals surface area contributed by atoms with Crippen LogP contribution in [0.3, 0.4) is 0 Å². The van der Waals surface area contributed by atoms with Crippen molar-refractivity contribution in [1.82, 2.24) is 9.78 Å². The number of nitrogens with one attached hydrogen (secondary N) is 1. The molecule has 0 spiro atoms. The summed E-state index contributed by atoms with van der Waals surface area (Å²) < 4.78 is 1.96.